The lowest BCUT2D eigenvalue weighted by molar-refractivity contribution is 0.373. The van der Waals surface area contributed by atoms with E-state index in [1.807, 2.05) is 29.9 Å². The Balaban J connectivity index is 2.30. The van der Waals surface area contributed by atoms with E-state index in [2.05, 4.69) is 5.16 Å². The molecule has 0 saturated carbocycles. The van der Waals surface area contributed by atoms with Crippen LogP contribution in [0.5, 0.6) is 0 Å². The van der Waals surface area contributed by atoms with Gasteiger partial charge in [0, 0.05) is 32.9 Å². The summed E-state index contributed by atoms with van der Waals surface area (Å²) in [5, 5.41) is 3.69. The summed E-state index contributed by atoms with van der Waals surface area (Å²) in [6.07, 6.45) is 1.88. The highest BCUT2D eigenvalue weighted by Gasteiger charge is 2.34. The predicted octanol–water partition coefficient (Wildman–Crippen LogP) is 1.67. The van der Waals surface area contributed by atoms with Crippen LogP contribution in [0.2, 0.25) is 0 Å². The Bertz CT molecular complexity index is 612. The topological polar surface area (TPSA) is 74.3 Å². The van der Waals surface area contributed by atoms with Gasteiger partial charge in [0.05, 0.1) is 6.54 Å². The monoisotopic (exact) mass is 283 g/mol. The molecule has 0 aliphatic carbocycles. The van der Waals surface area contributed by atoms with E-state index in [1.165, 1.54) is 4.31 Å². The van der Waals surface area contributed by atoms with Gasteiger partial charge in [-0.1, -0.05) is 9.37 Å². The van der Waals surface area contributed by atoms with Gasteiger partial charge in [-0.2, -0.15) is 0 Å². The maximum atomic E-state index is 12.5. The zero-order valence-electron chi connectivity index (χ0n) is 11.4. The standard InChI is InChI=1S/C12H17N3O3S/c1-9-12(10(2)18-13-9)19(16,17)15(4)8-11-6-5-7-14(11)3/h5-7H,8H2,1-4H3. The van der Waals surface area contributed by atoms with Crippen molar-refractivity contribution < 1.29 is 13.3 Å². The Labute approximate surface area is 113 Å². The third-order valence-corrected chi connectivity index (χ3v) is 5.12. The lowest BCUT2D eigenvalue weighted by Crippen LogP contribution is -2.33. The first-order valence-electron chi connectivity index (χ1n) is 5.83. The molecule has 2 heterocycles. The minimum Gasteiger partial charge on any atom is -0.593 e. The van der Waals surface area contributed by atoms with E-state index in [1.54, 1.807) is 20.9 Å². The molecule has 7 heteroatoms. The van der Waals surface area contributed by atoms with Gasteiger partial charge in [0.1, 0.15) is 5.69 Å². The maximum absolute atomic E-state index is 12.5. The van der Waals surface area contributed by atoms with Crippen LogP contribution in [0.1, 0.15) is 17.1 Å². The van der Waals surface area contributed by atoms with E-state index >= 15 is 0 Å². The summed E-state index contributed by atoms with van der Waals surface area (Å²) >= 11 is 0. The molecular formula is C12H17N3O3S. The molecular weight excluding hydrogens is 266 g/mol. The molecule has 0 bridgehead atoms. The highest BCUT2D eigenvalue weighted by Crippen LogP contribution is 2.27. The highest BCUT2D eigenvalue weighted by atomic mass is 32.3. The zero-order chi connectivity index (χ0) is 14.2. The molecule has 6 nitrogen and oxygen atoms in total. The molecule has 104 valence electrons. The molecule has 0 saturated heterocycles. The van der Waals surface area contributed by atoms with Crippen LogP contribution in [0.4, 0.5) is 0 Å². The fraction of sp³-hybridized carbons (Fsp3) is 0.417. The summed E-state index contributed by atoms with van der Waals surface area (Å²) < 4.78 is 33.1. The van der Waals surface area contributed by atoms with Gasteiger partial charge in [0.2, 0.25) is 4.90 Å². The number of hydrogen-bond acceptors (Lipinski definition) is 4. The summed E-state index contributed by atoms with van der Waals surface area (Å²) in [5.41, 5.74) is 1.30. The number of nitrogens with zero attached hydrogens (tertiary/aromatic N) is 3. The van der Waals surface area contributed by atoms with Crippen LogP contribution in [-0.2, 0) is 28.2 Å². The lowest BCUT2D eigenvalue weighted by Gasteiger charge is -2.23. The van der Waals surface area contributed by atoms with Gasteiger partial charge in [0.15, 0.2) is 16.2 Å². The van der Waals surface area contributed by atoms with Crippen LogP contribution in [-0.4, -0.2) is 25.6 Å². The Morgan fingerprint density at radius 1 is 1.53 bits per heavy atom. The molecule has 0 aliphatic rings. The first-order valence-corrected chi connectivity index (χ1v) is 7.27. The van der Waals surface area contributed by atoms with Crippen LogP contribution in [0.25, 0.3) is 0 Å². The molecule has 19 heavy (non-hydrogen) atoms. The van der Waals surface area contributed by atoms with Crippen molar-refractivity contribution >= 4 is 10.4 Å². The normalized spacial score (nSPS) is 14.8. The number of aromatic nitrogens is 2. The van der Waals surface area contributed by atoms with E-state index in [4.69, 9.17) is 4.52 Å². The van der Waals surface area contributed by atoms with Crippen LogP contribution in [0.15, 0.2) is 27.7 Å². The predicted molar refractivity (Wildman–Crippen MR) is 70.0 cm³/mol. The summed E-state index contributed by atoms with van der Waals surface area (Å²) in [6, 6.07) is 3.77. The second-order valence-corrected chi connectivity index (χ2v) is 6.51. The molecule has 1 unspecified atom stereocenters. The maximum Gasteiger partial charge on any atom is 0.240 e. The van der Waals surface area contributed by atoms with Crippen molar-refractivity contribution in [1.29, 1.82) is 0 Å². The second-order valence-electron chi connectivity index (χ2n) is 4.52. The van der Waals surface area contributed by atoms with Crippen molar-refractivity contribution in [2.75, 3.05) is 7.05 Å². The number of sulfonamides is 1. The van der Waals surface area contributed by atoms with Gasteiger partial charge in [0.25, 0.3) is 0 Å². The van der Waals surface area contributed by atoms with Gasteiger partial charge in [-0.25, -0.2) is 0 Å². The fourth-order valence-electron chi connectivity index (χ4n) is 1.97. The molecule has 0 amide bonds. The molecule has 2 aromatic heterocycles. The van der Waals surface area contributed by atoms with Crippen molar-refractivity contribution in [3.05, 3.63) is 35.5 Å². The number of aryl methyl sites for hydroxylation is 3. The lowest BCUT2D eigenvalue weighted by atomic mass is 10.4. The van der Waals surface area contributed by atoms with Gasteiger partial charge in [-0.3, -0.25) is 0 Å². The van der Waals surface area contributed by atoms with Gasteiger partial charge in [-0.05, 0) is 19.1 Å². The average molecular weight is 283 g/mol. The van der Waals surface area contributed by atoms with Crippen molar-refractivity contribution in [2.24, 2.45) is 7.05 Å². The van der Waals surface area contributed by atoms with Crippen LogP contribution in [0.3, 0.4) is 0 Å². The Hall–Kier alpha value is -1.44. The minimum absolute atomic E-state index is 0.157. The molecule has 1 atom stereocenters. The highest BCUT2D eigenvalue weighted by molar-refractivity contribution is 7.95. The fourth-order valence-corrected chi connectivity index (χ4v) is 3.40. The van der Waals surface area contributed by atoms with E-state index in [9.17, 15) is 8.76 Å². The molecule has 0 fully saturated rings. The third-order valence-electron chi connectivity index (χ3n) is 3.07. The van der Waals surface area contributed by atoms with E-state index in [0.717, 1.165) is 5.69 Å². The number of hydrogen-bond donors (Lipinski definition) is 0. The molecule has 0 spiro atoms. The molecule has 0 aliphatic heterocycles. The third kappa shape index (κ3) is 2.49. The van der Waals surface area contributed by atoms with Crippen LogP contribution in [0, 0.1) is 13.8 Å². The van der Waals surface area contributed by atoms with Crippen molar-refractivity contribution in [3.63, 3.8) is 0 Å². The van der Waals surface area contributed by atoms with Gasteiger partial charge < -0.3 is 13.6 Å². The molecule has 0 radical (unpaired) electrons. The molecule has 2 rings (SSSR count). The van der Waals surface area contributed by atoms with E-state index in [0.29, 0.717) is 18.0 Å². The van der Waals surface area contributed by atoms with Crippen LogP contribution >= 0.6 is 0 Å². The SMILES string of the molecule is Cc1noc(C)c1[S+](=O)([O-])N(C)Cc1cccn1C. The second kappa shape index (κ2) is 4.92. The summed E-state index contributed by atoms with van der Waals surface area (Å²) in [7, 11) is -0.156. The zero-order valence-corrected chi connectivity index (χ0v) is 12.2. The molecule has 0 aromatic carbocycles. The summed E-state index contributed by atoms with van der Waals surface area (Å²) in [4.78, 5) is 0.157. The van der Waals surface area contributed by atoms with E-state index in [-0.39, 0.29) is 4.90 Å². The average Bonchev–Trinajstić information content (AvgIpc) is 2.86. The largest absolute Gasteiger partial charge is 0.593 e. The van der Waals surface area contributed by atoms with Crippen molar-refractivity contribution in [1.82, 2.24) is 14.0 Å². The van der Waals surface area contributed by atoms with Crippen molar-refractivity contribution in [3.8, 4) is 0 Å². The summed E-state index contributed by atoms with van der Waals surface area (Å²) in [5.74, 6) is 0.316. The summed E-state index contributed by atoms with van der Waals surface area (Å²) in [6.45, 7) is 3.53. The first kappa shape index (κ1) is 14.0. The van der Waals surface area contributed by atoms with Crippen LogP contribution < -0.4 is 0 Å². The quantitative estimate of drug-likeness (QED) is 0.800. The minimum atomic E-state index is -3.59. The number of rotatable bonds is 4. The van der Waals surface area contributed by atoms with Gasteiger partial charge in [-0.15, -0.1) is 4.31 Å². The Kier molecular flexibility index (Phi) is 3.62. The van der Waals surface area contributed by atoms with Gasteiger partial charge >= 0.3 is 0 Å². The Morgan fingerprint density at radius 3 is 2.68 bits per heavy atom. The first-order chi connectivity index (χ1) is 8.84. The van der Waals surface area contributed by atoms with E-state index < -0.39 is 10.4 Å². The Morgan fingerprint density at radius 2 is 2.21 bits per heavy atom. The molecule has 2 aromatic rings. The molecule has 0 N–H and O–H groups in total. The smallest absolute Gasteiger partial charge is 0.240 e. The van der Waals surface area contributed by atoms with Crippen molar-refractivity contribution in [2.45, 2.75) is 25.3 Å².